The smallest absolute Gasteiger partial charge is 0.242 e. The largest absolute Gasteiger partial charge is 0.702 e. The molecule has 0 unspecified atom stereocenters. The Balaban J connectivity index is 0.00000144. The van der Waals surface area contributed by atoms with Crippen LogP contribution in [0.5, 0.6) is 0 Å². The van der Waals surface area contributed by atoms with E-state index < -0.39 is 0 Å². The molecule has 0 aliphatic heterocycles. The van der Waals surface area contributed by atoms with E-state index in [4.69, 9.17) is 0 Å². The Morgan fingerprint density at radius 3 is 2.88 bits per heavy atom. The van der Waals surface area contributed by atoms with Crippen molar-refractivity contribution in [3.05, 3.63) is 55.2 Å². The molecule has 0 bridgehead atoms. The summed E-state index contributed by atoms with van der Waals surface area (Å²) in [5.41, 5.74) is 1.90. The summed E-state index contributed by atoms with van der Waals surface area (Å²) < 4.78 is 3.93. The maximum absolute atomic E-state index is 4.40. The van der Waals surface area contributed by atoms with E-state index in [2.05, 4.69) is 11.1 Å². The number of aromatic nitrogens is 3. The standard InChI is InChI=1S/C13H14N3.Ir/c1-15-9-8-14-13(10-16(2)11-15)12-6-4-3-5-7-12;/h3-6,8-11H,1-2H3;/q-1;. The number of aryl methyl sites for hydroxylation is 2. The minimum atomic E-state index is 0. The number of rotatable bonds is 1. The van der Waals surface area contributed by atoms with Gasteiger partial charge in [0.15, 0.2) is 0 Å². The Hall–Kier alpha value is -1.38. The first kappa shape index (κ1) is 13.7. The van der Waals surface area contributed by atoms with Gasteiger partial charge in [0.25, 0.3) is 0 Å². The third kappa shape index (κ3) is 3.84. The quantitative estimate of drug-likeness (QED) is 0.521. The molecule has 0 aliphatic carbocycles. The van der Waals surface area contributed by atoms with Gasteiger partial charge >= 0.3 is 0 Å². The molecule has 1 radical (unpaired) electrons. The summed E-state index contributed by atoms with van der Waals surface area (Å²) >= 11 is 0. The average Bonchev–Trinajstić information content (AvgIpc) is 2.26. The molecule has 0 fully saturated rings. The summed E-state index contributed by atoms with van der Waals surface area (Å²) in [5.74, 6) is 0. The summed E-state index contributed by atoms with van der Waals surface area (Å²) in [7, 11) is 3.95. The van der Waals surface area contributed by atoms with Gasteiger partial charge in [0.2, 0.25) is 6.33 Å². The SMILES string of the molecule is Cn1cc[n-]c(-c2[c-]cccc2)c[n+](C)c1.[Ir]. The van der Waals surface area contributed by atoms with Crippen LogP contribution in [0.4, 0.5) is 0 Å². The van der Waals surface area contributed by atoms with Gasteiger partial charge in [0.1, 0.15) is 0 Å². The molecule has 2 aromatic rings. The molecule has 17 heavy (non-hydrogen) atoms. The Morgan fingerprint density at radius 1 is 1.35 bits per heavy atom. The fourth-order valence-electron chi connectivity index (χ4n) is 1.50. The van der Waals surface area contributed by atoms with Gasteiger partial charge in [-0.1, -0.05) is 0 Å². The Kier molecular flexibility index (Phi) is 5.13. The van der Waals surface area contributed by atoms with Gasteiger partial charge in [-0.15, -0.1) is 36.5 Å². The zero-order valence-electron chi connectivity index (χ0n) is 9.79. The molecule has 1 heterocycles. The number of hydrogen-bond donors (Lipinski definition) is 0. The van der Waals surface area contributed by atoms with Gasteiger partial charge in [0.05, 0.1) is 20.3 Å². The van der Waals surface area contributed by atoms with Crippen LogP contribution in [0.15, 0.2) is 49.2 Å². The molecule has 3 nitrogen and oxygen atoms in total. The van der Waals surface area contributed by atoms with Gasteiger partial charge in [-0.25, -0.2) is 4.57 Å². The van der Waals surface area contributed by atoms with Crippen molar-refractivity contribution < 1.29 is 24.7 Å². The van der Waals surface area contributed by atoms with Crippen molar-refractivity contribution in [1.29, 1.82) is 0 Å². The van der Waals surface area contributed by atoms with E-state index in [1.54, 1.807) is 6.20 Å². The molecule has 91 valence electrons. The normalized spacial score (nSPS) is 9.29. The Bertz CT molecular complexity index is 513. The van der Waals surface area contributed by atoms with Crippen molar-refractivity contribution >= 4 is 0 Å². The molecular formula is C13H14IrN3-. The first-order valence-corrected chi connectivity index (χ1v) is 5.11. The Labute approximate surface area is 115 Å². The summed E-state index contributed by atoms with van der Waals surface area (Å²) in [5, 5.41) is 0. The minimum Gasteiger partial charge on any atom is -0.702 e. The number of benzene rings is 1. The summed E-state index contributed by atoms with van der Waals surface area (Å²) in [4.78, 5) is 4.40. The van der Waals surface area contributed by atoms with Crippen LogP contribution in [0.1, 0.15) is 0 Å². The van der Waals surface area contributed by atoms with E-state index in [-0.39, 0.29) is 20.1 Å². The molecule has 0 saturated carbocycles. The molecule has 0 N–H and O–H groups in total. The molecule has 4 heteroatoms. The van der Waals surface area contributed by atoms with Crippen molar-refractivity contribution in [3.63, 3.8) is 0 Å². The second-order valence-corrected chi connectivity index (χ2v) is 3.66. The van der Waals surface area contributed by atoms with Crippen molar-refractivity contribution in [2.24, 2.45) is 14.1 Å². The van der Waals surface area contributed by atoms with E-state index in [0.717, 1.165) is 11.3 Å². The van der Waals surface area contributed by atoms with Gasteiger partial charge in [-0.05, 0) is 0 Å². The fourth-order valence-corrected chi connectivity index (χ4v) is 1.50. The van der Waals surface area contributed by atoms with Crippen LogP contribution in [-0.4, -0.2) is 4.57 Å². The molecular weight excluding hydrogens is 390 g/mol. The molecule has 2 rings (SSSR count). The van der Waals surface area contributed by atoms with Crippen LogP contribution in [0.3, 0.4) is 0 Å². The van der Waals surface area contributed by atoms with E-state index in [9.17, 15) is 0 Å². The summed E-state index contributed by atoms with van der Waals surface area (Å²) in [6.07, 6.45) is 7.66. The number of hydrogen-bond acceptors (Lipinski definition) is 0. The van der Waals surface area contributed by atoms with Gasteiger partial charge in [0, 0.05) is 26.3 Å². The van der Waals surface area contributed by atoms with Gasteiger partial charge in [-0.2, -0.15) is 11.3 Å². The first-order chi connectivity index (χ1) is 7.75. The average molecular weight is 404 g/mol. The van der Waals surface area contributed by atoms with Crippen molar-refractivity contribution in [2.75, 3.05) is 0 Å². The van der Waals surface area contributed by atoms with Crippen molar-refractivity contribution in [2.45, 2.75) is 0 Å². The number of nitrogens with zero attached hydrogens (tertiary/aromatic N) is 3. The molecule has 0 amide bonds. The second kappa shape index (κ2) is 6.38. The van der Waals surface area contributed by atoms with Gasteiger partial charge in [-0.3, -0.25) is 4.57 Å². The van der Waals surface area contributed by atoms with Gasteiger partial charge < -0.3 is 4.98 Å². The topological polar surface area (TPSA) is 22.9 Å². The first-order valence-electron chi connectivity index (χ1n) is 5.11. The molecule has 0 aliphatic rings. The Morgan fingerprint density at radius 2 is 2.18 bits per heavy atom. The third-order valence-corrected chi connectivity index (χ3v) is 2.19. The van der Waals surface area contributed by atoms with Crippen LogP contribution in [-0.2, 0) is 34.2 Å². The van der Waals surface area contributed by atoms with Crippen LogP contribution in [0.2, 0.25) is 0 Å². The van der Waals surface area contributed by atoms with Crippen molar-refractivity contribution in [3.8, 4) is 11.3 Å². The van der Waals surface area contributed by atoms with Crippen LogP contribution in [0, 0.1) is 6.07 Å². The van der Waals surface area contributed by atoms with Crippen LogP contribution in [0.25, 0.3) is 11.3 Å². The second-order valence-electron chi connectivity index (χ2n) is 3.66. The van der Waals surface area contributed by atoms with E-state index in [0.29, 0.717) is 0 Å². The maximum atomic E-state index is 4.40. The zero-order chi connectivity index (χ0) is 11.4. The summed E-state index contributed by atoms with van der Waals surface area (Å²) in [6.45, 7) is 0. The predicted molar refractivity (Wildman–Crippen MR) is 61.8 cm³/mol. The summed E-state index contributed by atoms with van der Waals surface area (Å²) in [6, 6.07) is 11.0. The van der Waals surface area contributed by atoms with E-state index in [1.807, 2.05) is 66.2 Å². The maximum Gasteiger partial charge on any atom is 0.242 e. The predicted octanol–water partition coefficient (Wildman–Crippen LogP) is 1.40. The van der Waals surface area contributed by atoms with Crippen LogP contribution < -0.4 is 9.55 Å². The van der Waals surface area contributed by atoms with Crippen molar-refractivity contribution in [1.82, 2.24) is 9.55 Å². The fraction of sp³-hybridized carbons (Fsp3) is 0.154. The van der Waals surface area contributed by atoms with Crippen LogP contribution >= 0.6 is 0 Å². The molecule has 0 atom stereocenters. The molecule has 1 aromatic carbocycles. The monoisotopic (exact) mass is 405 g/mol. The molecule has 1 aromatic heterocycles. The third-order valence-electron chi connectivity index (χ3n) is 2.19. The zero-order valence-corrected chi connectivity index (χ0v) is 12.2. The molecule has 0 spiro atoms. The molecule has 0 saturated heterocycles. The van der Waals surface area contributed by atoms with E-state index in [1.165, 1.54) is 0 Å². The minimum absolute atomic E-state index is 0. The van der Waals surface area contributed by atoms with E-state index >= 15 is 0 Å².